The number of phosphoric acid groups is 2. The van der Waals surface area contributed by atoms with E-state index in [1.54, 1.807) is 0 Å². The summed E-state index contributed by atoms with van der Waals surface area (Å²) in [4.78, 5) is 72.7. The summed E-state index contributed by atoms with van der Waals surface area (Å²) < 4.78 is 68.5. The predicted molar refractivity (Wildman–Crippen MR) is 377 cm³/mol. The highest BCUT2D eigenvalue weighted by atomic mass is 31.2. The van der Waals surface area contributed by atoms with Crippen LogP contribution in [-0.4, -0.2) is 96.7 Å². The Kier molecular flexibility index (Phi) is 63.4. The van der Waals surface area contributed by atoms with Crippen LogP contribution in [-0.2, 0) is 65.4 Å². The molecule has 0 aromatic carbocycles. The van der Waals surface area contributed by atoms with Crippen LogP contribution < -0.4 is 0 Å². The summed E-state index contributed by atoms with van der Waals surface area (Å²) in [5.74, 6) is 0.146. The van der Waals surface area contributed by atoms with Crippen molar-refractivity contribution in [3.63, 3.8) is 0 Å². The molecule has 93 heavy (non-hydrogen) atoms. The van der Waals surface area contributed by atoms with E-state index >= 15 is 0 Å². The number of rotatable bonds is 72. The maximum absolute atomic E-state index is 13.1. The Hall–Kier alpha value is -1.94. The molecule has 3 unspecified atom stereocenters. The Morgan fingerprint density at radius 3 is 0.817 bits per heavy atom. The first-order valence-corrected chi connectivity index (χ1v) is 41.4. The lowest BCUT2D eigenvalue weighted by Gasteiger charge is -2.21. The number of phosphoric ester groups is 2. The Morgan fingerprint density at radius 1 is 0.312 bits per heavy atom. The zero-order valence-electron chi connectivity index (χ0n) is 60.7. The van der Waals surface area contributed by atoms with Crippen LogP contribution in [0.2, 0.25) is 0 Å². The van der Waals surface area contributed by atoms with E-state index in [2.05, 4.69) is 48.5 Å². The molecule has 0 aromatic rings. The zero-order valence-corrected chi connectivity index (χ0v) is 62.5. The predicted octanol–water partition coefficient (Wildman–Crippen LogP) is 21.4. The van der Waals surface area contributed by atoms with Crippen molar-refractivity contribution in [3.05, 3.63) is 0 Å². The molecular weight excluding hydrogens is 1220 g/mol. The number of carbonyl (C=O) groups is 4. The normalized spacial score (nSPS) is 14.4. The Balaban J connectivity index is 5.26. The van der Waals surface area contributed by atoms with E-state index in [1.165, 1.54) is 180 Å². The van der Waals surface area contributed by atoms with Crippen LogP contribution in [0.3, 0.4) is 0 Å². The fourth-order valence-electron chi connectivity index (χ4n) is 11.2. The van der Waals surface area contributed by atoms with Crippen molar-refractivity contribution < 1.29 is 80.2 Å². The van der Waals surface area contributed by atoms with Crippen molar-refractivity contribution in [3.8, 4) is 0 Å². The monoisotopic (exact) mass is 1370 g/mol. The first kappa shape index (κ1) is 91.1. The third-order valence-corrected chi connectivity index (χ3v) is 19.4. The van der Waals surface area contributed by atoms with E-state index in [4.69, 9.17) is 37.0 Å². The van der Waals surface area contributed by atoms with Crippen molar-refractivity contribution >= 4 is 39.5 Å². The van der Waals surface area contributed by atoms with Gasteiger partial charge < -0.3 is 33.8 Å². The van der Waals surface area contributed by atoms with E-state index in [0.29, 0.717) is 31.6 Å². The first-order chi connectivity index (χ1) is 44.8. The molecule has 0 saturated carbocycles. The fourth-order valence-corrected chi connectivity index (χ4v) is 12.8. The number of carbonyl (C=O) groups excluding carboxylic acids is 4. The van der Waals surface area contributed by atoms with E-state index < -0.39 is 97.5 Å². The molecule has 0 heterocycles. The summed E-state index contributed by atoms with van der Waals surface area (Å²) in [5.41, 5.74) is 0. The van der Waals surface area contributed by atoms with Crippen LogP contribution in [0.5, 0.6) is 0 Å². The van der Waals surface area contributed by atoms with Crippen molar-refractivity contribution in [2.24, 2.45) is 17.8 Å². The lowest BCUT2D eigenvalue weighted by atomic mass is 9.99. The number of aliphatic hydroxyl groups is 1. The molecule has 0 aromatic heterocycles. The second-order valence-corrected chi connectivity index (χ2v) is 30.8. The topological polar surface area (TPSA) is 237 Å². The molecule has 0 aliphatic heterocycles. The van der Waals surface area contributed by atoms with Gasteiger partial charge in [-0.1, -0.05) is 325 Å². The number of aliphatic hydroxyl groups excluding tert-OH is 1. The average molecular weight is 1370 g/mol. The van der Waals surface area contributed by atoms with Gasteiger partial charge in [0.25, 0.3) is 0 Å². The summed E-state index contributed by atoms with van der Waals surface area (Å²) in [6.45, 7) is 11.8. The van der Waals surface area contributed by atoms with Crippen LogP contribution in [0.15, 0.2) is 0 Å². The molecule has 6 atom stereocenters. The molecule has 0 aliphatic carbocycles. The van der Waals surface area contributed by atoms with Crippen molar-refractivity contribution in [1.82, 2.24) is 0 Å². The minimum Gasteiger partial charge on any atom is -0.462 e. The lowest BCUT2D eigenvalue weighted by molar-refractivity contribution is -0.161. The Morgan fingerprint density at radius 2 is 0.548 bits per heavy atom. The third kappa shape index (κ3) is 67.0. The minimum atomic E-state index is -4.96. The molecule has 0 radical (unpaired) electrons. The summed E-state index contributed by atoms with van der Waals surface area (Å²) in [6, 6.07) is 0. The maximum atomic E-state index is 13.1. The van der Waals surface area contributed by atoms with Crippen molar-refractivity contribution in [2.75, 3.05) is 39.6 Å². The SMILES string of the molecule is CCCCCCCCCCCCCCCCCCC(=O)O[C@H](COC(=O)CCCCCCCCCCCCC(C)CC)COP(=O)(O)OC[C@@H](O)COP(=O)(O)OC[C@@H](COC(=O)CCCCCCCCCC(C)C)OC(=O)CCCCCCCCCCCCC(C)C. The highest BCUT2D eigenvalue weighted by Crippen LogP contribution is 2.45. The van der Waals surface area contributed by atoms with E-state index in [1.807, 2.05) is 0 Å². The van der Waals surface area contributed by atoms with E-state index in [0.717, 1.165) is 108 Å². The van der Waals surface area contributed by atoms with Gasteiger partial charge in [0, 0.05) is 25.7 Å². The smallest absolute Gasteiger partial charge is 0.462 e. The fraction of sp³-hybridized carbons (Fsp3) is 0.946. The molecule has 0 saturated heterocycles. The molecule has 0 spiro atoms. The van der Waals surface area contributed by atoms with Crippen molar-refractivity contribution in [2.45, 2.75) is 394 Å². The van der Waals surface area contributed by atoms with Gasteiger partial charge in [0.2, 0.25) is 0 Å². The van der Waals surface area contributed by atoms with Crippen LogP contribution >= 0.6 is 15.6 Å². The molecule has 0 aliphatic rings. The zero-order chi connectivity index (χ0) is 68.7. The second-order valence-electron chi connectivity index (χ2n) is 27.9. The number of esters is 4. The summed E-state index contributed by atoms with van der Waals surface area (Å²) in [5, 5.41) is 10.6. The van der Waals surface area contributed by atoms with Gasteiger partial charge in [0.15, 0.2) is 12.2 Å². The van der Waals surface area contributed by atoms with Gasteiger partial charge in [-0.3, -0.25) is 37.3 Å². The number of ether oxygens (including phenoxy) is 4. The van der Waals surface area contributed by atoms with E-state index in [-0.39, 0.29) is 25.7 Å². The van der Waals surface area contributed by atoms with Crippen molar-refractivity contribution in [1.29, 1.82) is 0 Å². The molecule has 0 rings (SSSR count). The molecule has 0 bridgehead atoms. The Bertz CT molecular complexity index is 1820. The van der Waals surface area contributed by atoms with Crippen LogP contribution in [0, 0.1) is 17.8 Å². The van der Waals surface area contributed by atoms with Gasteiger partial charge in [-0.05, 0) is 43.4 Å². The molecular formula is C74H144O17P2. The number of hydrogen-bond acceptors (Lipinski definition) is 15. The largest absolute Gasteiger partial charge is 0.472 e. The quantitative estimate of drug-likeness (QED) is 0.0222. The Labute approximate surface area is 568 Å². The highest BCUT2D eigenvalue weighted by molar-refractivity contribution is 7.47. The first-order valence-electron chi connectivity index (χ1n) is 38.4. The summed E-state index contributed by atoms with van der Waals surface area (Å²) in [6.07, 6.45) is 49.9. The van der Waals surface area contributed by atoms with Crippen LogP contribution in [0.4, 0.5) is 0 Å². The standard InChI is InChI=1S/C74H144O17P2/c1-8-10-11-12-13-14-15-16-17-18-19-20-28-35-43-50-57-73(78)90-69(61-84-71(76)55-48-41-34-27-24-22-26-33-40-47-54-67(7)9-2)63-88-92(80,81)86-59-68(75)60-87-93(82,83)89-64-70(62-85-72(77)56-49-42-37-30-32-39-46-53-66(5)6)91-74(79)58-51-44-36-29-23-21-25-31-38-45-52-65(3)4/h65-70,75H,8-64H2,1-7H3,(H,80,81)(H,82,83)/t67?,68-,69-,70-/m1/s1. The number of unbranched alkanes of at least 4 members (excludes halogenated alkanes) is 39. The van der Waals surface area contributed by atoms with Crippen LogP contribution in [0.1, 0.15) is 376 Å². The number of hydrogen-bond donors (Lipinski definition) is 3. The van der Waals surface area contributed by atoms with Gasteiger partial charge in [-0.2, -0.15) is 0 Å². The summed E-state index contributed by atoms with van der Waals surface area (Å²) in [7, 11) is -9.91. The van der Waals surface area contributed by atoms with E-state index in [9.17, 15) is 43.2 Å². The molecule has 552 valence electrons. The lowest BCUT2D eigenvalue weighted by Crippen LogP contribution is -2.30. The van der Waals surface area contributed by atoms with Gasteiger partial charge in [0.1, 0.15) is 19.3 Å². The highest BCUT2D eigenvalue weighted by Gasteiger charge is 2.30. The molecule has 3 N–H and O–H groups in total. The van der Waals surface area contributed by atoms with Gasteiger partial charge in [-0.25, -0.2) is 9.13 Å². The van der Waals surface area contributed by atoms with Crippen LogP contribution in [0.25, 0.3) is 0 Å². The molecule has 0 fully saturated rings. The summed E-state index contributed by atoms with van der Waals surface area (Å²) >= 11 is 0. The molecule has 0 amide bonds. The maximum Gasteiger partial charge on any atom is 0.472 e. The third-order valence-electron chi connectivity index (χ3n) is 17.5. The average Bonchev–Trinajstić information content (AvgIpc) is 2.06. The second kappa shape index (κ2) is 64.7. The van der Waals surface area contributed by atoms with Gasteiger partial charge >= 0.3 is 39.5 Å². The molecule has 19 heteroatoms. The van der Waals surface area contributed by atoms with Gasteiger partial charge in [-0.15, -0.1) is 0 Å². The minimum absolute atomic E-state index is 0.105. The molecule has 17 nitrogen and oxygen atoms in total. The van der Waals surface area contributed by atoms with Gasteiger partial charge in [0.05, 0.1) is 26.4 Å².